The molecule has 0 N–H and O–H groups in total. The molecule has 2 aromatic carbocycles. The highest BCUT2D eigenvalue weighted by atomic mass is 16.7. The lowest BCUT2D eigenvalue weighted by molar-refractivity contribution is 0.0861. The van der Waals surface area contributed by atoms with Gasteiger partial charge in [0.1, 0.15) is 0 Å². The van der Waals surface area contributed by atoms with E-state index in [1.54, 1.807) is 18.2 Å². The molecule has 0 fully saturated rings. The predicted octanol–water partition coefficient (Wildman–Crippen LogP) is 3.12. The van der Waals surface area contributed by atoms with Gasteiger partial charge in [0.15, 0.2) is 17.3 Å². The Morgan fingerprint density at radius 1 is 1.14 bits per heavy atom. The second-order valence-electron chi connectivity index (χ2n) is 5.51. The topological polar surface area (TPSA) is 38.8 Å². The second kappa shape index (κ2) is 6.20. The molecule has 0 saturated heterocycles. The number of Topliss-reactive ketones (excluding diaryl/α,β-unsaturated/α-hetero) is 1. The summed E-state index contributed by atoms with van der Waals surface area (Å²) in [6, 6.07) is 15.3. The number of carbonyl (C=O) groups is 1. The van der Waals surface area contributed by atoms with Crippen LogP contribution < -0.4 is 9.47 Å². The quantitative estimate of drug-likeness (QED) is 0.795. The fourth-order valence-corrected chi connectivity index (χ4v) is 2.50. The van der Waals surface area contributed by atoms with E-state index < -0.39 is 0 Å². The molecule has 3 rings (SSSR count). The molecule has 1 atom stereocenters. The summed E-state index contributed by atoms with van der Waals surface area (Å²) in [5.41, 5.74) is 1.84. The lowest BCUT2D eigenvalue weighted by Gasteiger charge is -2.23. The average Bonchev–Trinajstić information content (AvgIpc) is 3.02. The van der Waals surface area contributed by atoms with Crippen LogP contribution in [0.3, 0.4) is 0 Å². The molecular formula is C18H19NO3. The molecule has 0 bridgehead atoms. The van der Waals surface area contributed by atoms with E-state index in [9.17, 15) is 4.79 Å². The van der Waals surface area contributed by atoms with Crippen molar-refractivity contribution in [2.75, 3.05) is 13.8 Å². The molecule has 0 aromatic heterocycles. The summed E-state index contributed by atoms with van der Waals surface area (Å²) in [6.45, 7) is 2.88. The number of ketones is 1. The smallest absolute Gasteiger partial charge is 0.231 e. The highest BCUT2D eigenvalue weighted by molar-refractivity contribution is 6.00. The largest absolute Gasteiger partial charge is 0.454 e. The molecule has 114 valence electrons. The van der Waals surface area contributed by atoms with Gasteiger partial charge in [-0.2, -0.15) is 0 Å². The number of likely N-dealkylation sites (N-methyl/N-ethyl adjacent to an activating group) is 1. The molecule has 0 aliphatic carbocycles. The third-order valence-corrected chi connectivity index (χ3v) is 3.97. The summed E-state index contributed by atoms with van der Waals surface area (Å²) in [4.78, 5) is 14.7. The van der Waals surface area contributed by atoms with E-state index in [2.05, 4.69) is 12.1 Å². The molecule has 0 spiro atoms. The summed E-state index contributed by atoms with van der Waals surface area (Å²) >= 11 is 0. The van der Waals surface area contributed by atoms with E-state index in [1.807, 2.05) is 37.1 Å². The van der Waals surface area contributed by atoms with Gasteiger partial charge in [0.25, 0.3) is 0 Å². The maximum Gasteiger partial charge on any atom is 0.231 e. The molecule has 4 heteroatoms. The molecule has 0 radical (unpaired) electrons. The van der Waals surface area contributed by atoms with Crippen molar-refractivity contribution in [2.24, 2.45) is 0 Å². The van der Waals surface area contributed by atoms with Gasteiger partial charge in [0.2, 0.25) is 6.79 Å². The van der Waals surface area contributed by atoms with Crippen molar-refractivity contribution in [3.05, 3.63) is 59.7 Å². The molecule has 0 amide bonds. The van der Waals surface area contributed by atoms with Crippen molar-refractivity contribution in [3.8, 4) is 11.5 Å². The fourth-order valence-electron chi connectivity index (χ4n) is 2.50. The van der Waals surface area contributed by atoms with Crippen LogP contribution in [0.15, 0.2) is 48.5 Å². The minimum Gasteiger partial charge on any atom is -0.454 e. The van der Waals surface area contributed by atoms with Gasteiger partial charge in [-0.05, 0) is 37.7 Å². The zero-order valence-electron chi connectivity index (χ0n) is 12.8. The van der Waals surface area contributed by atoms with Gasteiger partial charge in [0.05, 0.1) is 6.04 Å². The first-order valence-corrected chi connectivity index (χ1v) is 7.33. The van der Waals surface area contributed by atoms with Crippen molar-refractivity contribution in [2.45, 2.75) is 19.5 Å². The van der Waals surface area contributed by atoms with E-state index in [0.29, 0.717) is 17.1 Å². The number of fused-ring (bicyclic) bond motifs is 1. The fraction of sp³-hybridized carbons (Fsp3) is 0.278. The Morgan fingerprint density at radius 3 is 2.64 bits per heavy atom. The van der Waals surface area contributed by atoms with Crippen LogP contribution in [0.4, 0.5) is 0 Å². The lowest BCUT2D eigenvalue weighted by atomic mass is 10.0. The molecular weight excluding hydrogens is 278 g/mol. The summed E-state index contributed by atoms with van der Waals surface area (Å²) in [5, 5.41) is 0. The van der Waals surface area contributed by atoms with Crippen LogP contribution in [0.2, 0.25) is 0 Å². The molecule has 1 aliphatic rings. The van der Waals surface area contributed by atoms with Gasteiger partial charge in [-0.3, -0.25) is 9.69 Å². The van der Waals surface area contributed by atoms with Gasteiger partial charge in [-0.15, -0.1) is 0 Å². The molecule has 4 nitrogen and oxygen atoms in total. The van der Waals surface area contributed by atoms with Gasteiger partial charge in [-0.1, -0.05) is 30.3 Å². The van der Waals surface area contributed by atoms with Crippen molar-refractivity contribution in [3.63, 3.8) is 0 Å². The summed E-state index contributed by atoms with van der Waals surface area (Å²) < 4.78 is 10.6. The summed E-state index contributed by atoms with van der Waals surface area (Å²) in [7, 11) is 1.96. The summed E-state index contributed by atoms with van der Waals surface area (Å²) in [5.74, 6) is 1.42. The molecule has 1 aliphatic heterocycles. The minimum atomic E-state index is -0.208. The maximum absolute atomic E-state index is 12.6. The van der Waals surface area contributed by atoms with Gasteiger partial charge < -0.3 is 9.47 Å². The SMILES string of the molecule is C[C@H](C(=O)c1ccc2c(c1)OCO2)N(C)Cc1ccccc1. The number of hydrogen-bond acceptors (Lipinski definition) is 4. The molecule has 0 saturated carbocycles. The van der Waals surface area contributed by atoms with Crippen LogP contribution in [-0.2, 0) is 6.54 Å². The Kier molecular flexibility index (Phi) is 4.11. The normalized spacial score (nSPS) is 14.1. The first kappa shape index (κ1) is 14.6. The van der Waals surface area contributed by atoms with Crippen LogP contribution in [-0.4, -0.2) is 30.6 Å². The maximum atomic E-state index is 12.6. The molecule has 0 unspecified atom stereocenters. The van der Waals surface area contributed by atoms with E-state index in [1.165, 1.54) is 5.56 Å². The number of hydrogen-bond donors (Lipinski definition) is 0. The first-order chi connectivity index (χ1) is 10.6. The minimum absolute atomic E-state index is 0.0803. The predicted molar refractivity (Wildman–Crippen MR) is 84.3 cm³/mol. The summed E-state index contributed by atoms with van der Waals surface area (Å²) in [6.07, 6.45) is 0. The Morgan fingerprint density at radius 2 is 1.86 bits per heavy atom. The van der Waals surface area contributed by atoms with Crippen molar-refractivity contribution < 1.29 is 14.3 Å². The monoisotopic (exact) mass is 297 g/mol. The number of ether oxygens (including phenoxy) is 2. The Bertz CT molecular complexity index is 669. The zero-order chi connectivity index (χ0) is 15.5. The van der Waals surface area contributed by atoms with Gasteiger partial charge >= 0.3 is 0 Å². The number of benzene rings is 2. The molecule has 22 heavy (non-hydrogen) atoms. The van der Waals surface area contributed by atoms with E-state index in [0.717, 1.165) is 6.54 Å². The van der Waals surface area contributed by atoms with Crippen molar-refractivity contribution in [1.82, 2.24) is 4.90 Å². The highest BCUT2D eigenvalue weighted by Gasteiger charge is 2.22. The Hall–Kier alpha value is -2.33. The first-order valence-electron chi connectivity index (χ1n) is 7.33. The zero-order valence-corrected chi connectivity index (χ0v) is 12.8. The van der Waals surface area contributed by atoms with Crippen LogP contribution in [0.25, 0.3) is 0 Å². The van der Waals surface area contributed by atoms with E-state index in [4.69, 9.17) is 9.47 Å². The Balaban J connectivity index is 1.71. The lowest BCUT2D eigenvalue weighted by Crippen LogP contribution is -2.35. The average molecular weight is 297 g/mol. The van der Waals surface area contributed by atoms with Crippen LogP contribution in [0, 0.1) is 0 Å². The number of nitrogens with zero attached hydrogens (tertiary/aromatic N) is 1. The van der Waals surface area contributed by atoms with Gasteiger partial charge in [0, 0.05) is 12.1 Å². The molecule has 2 aromatic rings. The third kappa shape index (κ3) is 2.97. The number of rotatable bonds is 5. The Labute approximate surface area is 130 Å². The number of carbonyl (C=O) groups excluding carboxylic acids is 1. The van der Waals surface area contributed by atoms with Crippen LogP contribution >= 0.6 is 0 Å². The van der Waals surface area contributed by atoms with Crippen molar-refractivity contribution in [1.29, 1.82) is 0 Å². The van der Waals surface area contributed by atoms with Crippen molar-refractivity contribution >= 4 is 5.78 Å². The van der Waals surface area contributed by atoms with Gasteiger partial charge in [-0.25, -0.2) is 0 Å². The third-order valence-electron chi connectivity index (χ3n) is 3.97. The highest BCUT2D eigenvalue weighted by Crippen LogP contribution is 2.33. The standard InChI is InChI=1S/C18H19NO3/c1-13(19(2)11-14-6-4-3-5-7-14)18(20)15-8-9-16-17(10-15)22-12-21-16/h3-10,13H,11-12H2,1-2H3/t13-/m1/s1. The van der Waals surface area contributed by atoms with Crippen LogP contribution in [0.5, 0.6) is 11.5 Å². The molecule has 1 heterocycles. The van der Waals surface area contributed by atoms with E-state index >= 15 is 0 Å². The van der Waals surface area contributed by atoms with E-state index in [-0.39, 0.29) is 18.6 Å². The second-order valence-corrected chi connectivity index (χ2v) is 5.51. The van der Waals surface area contributed by atoms with Crippen LogP contribution in [0.1, 0.15) is 22.8 Å².